The number of aliphatic carboxylic acids is 1. The number of nitrogens with zero attached hydrogens (tertiary/aromatic N) is 1. The van der Waals surface area contributed by atoms with Crippen LogP contribution in [0.2, 0.25) is 0 Å². The number of carboxylic acid groups (broad SMARTS) is 1. The molecule has 0 saturated carbocycles. The van der Waals surface area contributed by atoms with Gasteiger partial charge in [0, 0.05) is 6.54 Å². The molecular weight excluding hydrogens is 299 g/mol. The molecule has 21 heavy (non-hydrogen) atoms. The zero-order chi connectivity index (χ0) is 16.4. The molecule has 4 N–H and O–H groups in total. The number of nitrogens with one attached hydrogen (secondary N) is 1. The van der Waals surface area contributed by atoms with Crippen LogP contribution in [0.3, 0.4) is 0 Å². The Labute approximate surface area is 117 Å². The molecule has 1 saturated heterocycles. The minimum absolute atomic E-state index is 0.00694. The van der Waals surface area contributed by atoms with Crippen LogP contribution < -0.4 is 11.1 Å². The maximum Gasteiger partial charge on any atom is 0.422 e. The Balaban J connectivity index is 2.96. The molecule has 1 fully saturated rings. The molecule has 0 aromatic heterocycles. The van der Waals surface area contributed by atoms with Gasteiger partial charge in [-0.05, 0) is 6.92 Å². The first-order valence-electron chi connectivity index (χ1n) is 5.76. The number of urea groups is 1. The second-order valence-electron chi connectivity index (χ2n) is 4.54. The van der Waals surface area contributed by atoms with Crippen LogP contribution in [0.4, 0.5) is 18.0 Å². The van der Waals surface area contributed by atoms with E-state index in [4.69, 9.17) is 15.6 Å². The van der Waals surface area contributed by atoms with Gasteiger partial charge in [-0.2, -0.15) is 13.2 Å². The van der Waals surface area contributed by atoms with Gasteiger partial charge in [-0.1, -0.05) is 0 Å². The topological polar surface area (TPSA) is 122 Å². The third-order valence-corrected chi connectivity index (χ3v) is 3.07. The van der Waals surface area contributed by atoms with Crippen LogP contribution in [0.15, 0.2) is 0 Å². The summed E-state index contributed by atoms with van der Waals surface area (Å²) < 4.78 is 43.3. The van der Waals surface area contributed by atoms with E-state index in [1.54, 1.807) is 0 Å². The summed E-state index contributed by atoms with van der Waals surface area (Å²) in [4.78, 5) is 34.6. The van der Waals surface area contributed by atoms with Crippen LogP contribution in [0.5, 0.6) is 0 Å². The van der Waals surface area contributed by atoms with E-state index in [0.29, 0.717) is 6.92 Å². The molecule has 1 heterocycles. The molecule has 8 nitrogen and oxygen atoms in total. The van der Waals surface area contributed by atoms with Crippen LogP contribution in [0, 0.1) is 0 Å². The SMILES string of the molecule is CC(NC(=O)N1CCOCC1C(N)=O)(C(=O)O)C(F)(F)F. The molecular formula is C10H14F3N3O5. The minimum atomic E-state index is -5.22. The van der Waals surface area contributed by atoms with Gasteiger partial charge >= 0.3 is 18.2 Å². The van der Waals surface area contributed by atoms with E-state index in [1.165, 1.54) is 5.32 Å². The van der Waals surface area contributed by atoms with Gasteiger partial charge in [-0.3, -0.25) is 4.79 Å². The Hall–Kier alpha value is -2.04. The molecule has 2 unspecified atom stereocenters. The fraction of sp³-hybridized carbons (Fsp3) is 0.700. The molecule has 11 heteroatoms. The van der Waals surface area contributed by atoms with Gasteiger partial charge in [0.25, 0.3) is 0 Å². The van der Waals surface area contributed by atoms with Crippen molar-refractivity contribution < 1.29 is 37.4 Å². The van der Waals surface area contributed by atoms with E-state index in [2.05, 4.69) is 0 Å². The number of nitrogens with two attached hydrogens (primary N) is 1. The normalized spacial score (nSPS) is 22.3. The number of hydrogen-bond donors (Lipinski definition) is 3. The number of alkyl halides is 3. The summed E-state index contributed by atoms with van der Waals surface area (Å²) in [5.41, 5.74) is 1.54. The molecule has 1 aliphatic heterocycles. The number of carboxylic acids is 1. The standard InChI is InChI=1S/C10H14F3N3O5/c1-9(7(18)19,10(11,12)13)15-8(20)16-2-3-21-4-5(16)6(14)17/h5H,2-4H2,1H3,(H2,14,17)(H,15,20)(H,18,19). The van der Waals surface area contributed by atoms with Crippen molar-refractivity contribution in [1.29, 1.82) is 0 Å². The van der Waals surface area contributed by atoms with Gasteiger partial charge < -0.3 is 25.8 Å². The Kier molecular flexibility index (Phi) is 4.66. The van der Waals surface area contributed by atoms with Crippen LogP contribution in [0.25, 0.3) is 0 Å². The molecule has 0 radical (unpaired) electrons. The number of amides is 3. The number of rotatable bonds is 3. The Morgan fingerprint density at radius 1 is 1.38 bits per heavy atom. The largest absolute Gasteiger partial charge is 0.479 e. The van der Waals surface area contributed by atoms with Crippen LogP contribution >= 0.6 is 0 Å². The number of morpholine rings is 1. The summed E-state index contributed by atoms with van der Waals surface area (Å²) in [6.07, 6.45) is -5.22. The average Bonchev–Trinajstić information content (AvgIpc) is 2.36. The van der Waals surface area contributed by atoms with E-state index in [9.17, 15) is 27.6 Å². The fourth-order valence-electron chi connectivity index (χ4n) is 1.61. The van der Waals surface area contributed by atoms with Crippen LogP contribution in [-0.4, -0.2) is 65.4 Å². The lowest BCUT2D eigenvalue weighted by molar-refractivity contribution is -0.203. The zero-order valence-electron chi connectivity index (χ0n) is 10.9. The molecule has 120 valence electrons. The molecule has 1 rings (SSSR count). The maximum absolute atomic E-state index is 12.8. The Bertz CT molecular complexity index is 456. The number of carbonyl (C=O) groups is 3. The molecule has 0 aromatic carbocycles. The fourth-order valence-corrected chi connectivity index (χ4v) is 1.61. The Morgan fingerprint density at radius 3 is 2.38 bits per heavy atom. The molecule has 0 spiro atoms. The minimum Gasteiger partial charge on any atom is -0.479 e. The van der Waals surface area contributed by atoms with E-state index < -0.39 is 35.7 Å². The third kappa shape index (κ3) is 3.35. The lowest BCUT2D eigenvalue weighted by Gasteiger charge is -2.36. The monoisotopic (exact) mass is 313 g/mol. The average molecular weight is 313 g/mol. The highest BCUT2D eigenvalue weighted by molar-refractivity contribution is 5.90. The van der Waals surface area contributed by atoms with Crippen molar-refractivity contribution in [3.8, 4) is 0 Å². The quantitative estimate of drug-likeness (QED) is 0.635. The highest BCUT2D eigenvalue weighted by atomic mass is 19.4. The second kappa shape index (κ2) is 5.76. The first-order valence-corrected chi connectivity index (χ1v) is 5.76. The van der Waals surface area contributed by atoms with Crippen molar-refractivity contribution in [3.63, 3.8) is 0 Å². The number of ether oxygens (including phenoxy) is 1. The van der Waals surface area contributed by atoms with Gasteiger partial charge in [-0.15, -0.1) is 0 Å². The zero-order valence-corrected chi connectivity index (χ0v) is 10.9. The summed E-state index contributed by atoms with van der Waals surface area (Å²) in [6, 6.07) is -2.62. The summed E-state index contributed by atoms with van der Waals surface area (Å²) in [7, 11) is 0. The smallest absolute Gasteiger partial charge is 0.422 e. The number of primary amides is 1. The second-order valence-corrected chi connectivity index (χ2v) is 4.54. The molecule has 0 aliphatic carbocycles. The first kappa shape index (κ1) is 17.0. The molecule has 0 bridgehead atoms. The predicted octanol–water partition coefficient (Wildman–Crippen LogP) is -0.712. The predicted molar refractivity (Wildman–Crippen MR) is 61.1 cm³/mol. The van der Waals surface area contributed by atoms with Gasteiger partial charge in [-0.25, -0.2) is 9.59 Å². The summed E-state index contributed by atoms with van der Waals surface area (Å²) in [5, 5.41) is 10.1. The molecule has 1 aliphatic rings. The van der Waals surface area contributed by atoms with Gasteiger partial charge in [0.15, 0.2) is 0 Å². The van der Waals surface area contributed by atoms with Crippen LogP contribution in [0.1, 0.15) is 6.92 Å². The molecule has 3 amide bonds. The number of halogens is 3. The van der Waals surface area contributed by atoms with E-state index in [-0.39, 0.29) is 19.8 Å². The maximum atomic E-state index is 12.8. The van der Waals surface area contributed by atoms with E-state index in [1.807, 2.05) is 0 Å². The number of hydrogen-bond acceptors (Lipinski definition) is 4. The lowest BCUT2D eigenvalue weighted by Crippen LogP contribution is -2.66. The third-order valence-electron chi connectivity index (χ3n) is 3.07. The van der Waals surface area contributed by atoms with E-state index >= 15 is 0 Å². The number of carbonyl (C=O) groups excluding carboxylic acids is 2. The summed E-state index contributed by atoms with van der Waals surface area (Å²) >= 11 is 0. The molecule has 2 atom stereocenters. The van der Waals surface area contributed by atoms with Crippen molar-refractivity contribution in [1.82, 2.24) is 10.2 Å². The van der Waals surface area contributed by atoms with Gasteiger partial charge in [0.05, 0.1) is 13.2 Å². The van der Waals surface area contributed by atoms with Crippen molar-refractivity contribution >= 4 is 17.9 Å². The lowest BCUT2D eigenvalue weighted by atomic mass is 10.0. The van der Waals surface area contributed by atoms with Gasteiger partial charge in [0.2, 0.25) is 11.4 Å². The van der Waals surface area contributed by atoms with Crippen molar-refractivity contribution in [2.75, 3.05) is 19.8 Å². The summed E-state index contributed by atoms with van der Waals surface area (Å²) in [6.45, 7) is -0.147. The highest BCUT2D eigenvalue weighted by Crippen LogP contribution is 2.30. The van der Waals surface area contributed by atoms with Crippen molar-refractivity contribution in [2.24, 2.45) is 5.73 Å². The highest BCUT2D eigenvalue weighted by Gasteiger charge is 2.59. The summed E-state index contributed by atoms with van der Waals surface area (Å²) in [5.74, 6) is -3.24. The first-order chi connectivity index (χ1) is 9.50. The van der Waals surface area contributed by atoms with Crippen LogP contribution in [-0.2, 0) is 14.3 Å². The van der Waals surface area contributed by atoms with Crippen molar-refractivity contribution in [3.05, 3.63) is 0 Å². The molecule has 0 aromatic rings. The Morgan fingerprint density at radius 2 is 1.95 bits per heavy atom. The van der Waals surface area contributed by atoms with Crippen molar-refractivity contribution in [2.45, 2.75) is 24.7 Å². The van der Waals surface area contributed by atoms with Gasteiger partial charge in [0.1, 0.15) is 6.04 Å². The van der Waals surface area contributed by atoms with E-state index in [0.717, 1.165) is 4.90 Å².